The third kappa shape index (κ3) is 8.83. The van der Waals surface area contributed by atoms with Crippen LogP contribution in [0, 0.1) is 12.7 Å². The molecule has 142 valence electrons. The maximum Gasteiger partial charge on any atom is 0.211 e. The van der Waals surface area contributed by atoms with Gasteiger partial charge in [0, 0.05) is 26.2 Å². The van der Waals surface area contributed by atoms with E-state index in [1.54, 1.807) is 13.0 Å². The Labute approximate surface area is 150 Å². The molecule has 0 saturated carbocycles. The van der Waals surface area contributed by atoms with Crippen LogP contribution in [0.5, 0.6) is 0 Å². The molecule has 0 atom stereocenters. The number of benzene rings is 1. The van der Waals surface area contributed by atoms with Crippen LogP contribution >= 0.6 is 0 Å². The van der Waals surface area contributed by atoms with Crippen LogP contribution in [0.2, 0.25) is 0 Å². The Kier molecular flexibility index (Phi) is 9.44. The summed E-state index contributed by atoms with van der Waals surface area (Å²) in [5.41, 5.74) is 2.03. The van der Waals surface area contributed by atoms with Gasteiger partial charge in [-0.2, -0.15) is 0 Å². The molecule has 3 N–H and O–H groups in total. The van der Waals surface area contributed by atoms with Crippen molar-refractivity contribution in [2.75, 3.05) is 31.9 Å². The van der Waals surface area contributed by atoms with E-state index in [1.165, 1.54) is 12.1 Å². The molecule has 0 aromatic heterocycles. The lowest BCUT2D eigenvalue weighted by Gasteiger charge is -2.12. The SMILES string of the molecule is CCNC(=NCCCNS(=O)(=O)CC)NCCc1ccc(F)cc1C. The third-order valence-corrected chi connectivity index (χ3v) is 5.05. The number of nitrogens with one attached hydrogen (secondary N) is 3. The fourth-order valence-electron chi connectivity index (χ4n) is 2.20. The maximum absolute atomic E-state index is 13.1. The van der Waals surface area contributed by atoms with Gasteiger partial charge in [0.2, 0.25) is 10.0 Å². The molecule has 1 aromatic rings. The van der Waals surface area contributed by atoms with E-state index in [4.69, 9.17) is 0 Å². The summed E-state index contributed by atoms with van der Waals surface area (Å²) in [5, 5.41) is 6.39. The molecule has 1 rings (SSSR count). The summed E-state index contributed by atoms with van der Waals surface area (Å²) >= 11 is 0. The van der Waals surface area contributed by atoms with Crippen LogP contribution in [0.4, 0.5) is 4.39 Å². The summed E-state index contributed by atoms with van der Waals surface area (Å²) in [6.45, 7) is 7.82. The van der Waals surface area contributed by atoms with Gasteiger partial charge in [-0.3, -0.25) is 4.99 Å². The molecule has 0 aliphatic carbocycles. The lowest BCUT2D eigenvalue weighted by molar-refractivity contribution is 0.581. The van der Waals surface area contributed by atoms with E-state index in [9.17, 15) is 12.8 Å². The summed E-state index contributed by atoms with van der Waals surface area (Å²) in [6, 6.07) is 4.81. The molecule has 0 fully saturated rings. The second-order valence-electron chi connectivity index (χ2n) is 5.66. The minimum Gasteiger partial charge on any atom is -0.357 e. The molecule has 6 nitrogen and oxygen atoms in total. The zero-order valence-corrected chi connectivity index (χ0v) is 16.0. The van der Waals surface area contributed by atoms with E-state index < -0.39 is 10.0 Å². The highest BCUT2D eigenvalue weighted by atomic mass is 32.2. The fourth-order valence-corrected chi connectivity index (χ4v) is 2.86. The lowest BCUT2D eigenvalue weighted by Crippen LogP contribution is -2.38. The average molecular weight is 373 g/mol. The van der Waals surface area contributed by atoms with Crippen molar-refractivity contribution in [1.82, 2.24) is 15.4 Å². The molecule has 0 heterocycles. The first-order valence-electron chi connectivity index (χ1n) is 8.62. The quantitative estimate of drug-likeness (QED) is 0.331. The standard InChI is InChI=1S/C17H29FN4O2S/c1-4-19-17(20-10-6-11-22-25(23,24)5-2)21-12-9-15-7-8-16(18)13-14(15)3/h7-8,13,22H,4-6,9-12H2,1-3H3,(H2,19,20,21). The number of aliphatic imine (C=N–C) groups is 1. The number of rotatable bonds is 10. The molecule has 0 amide bonds. The van der Waals surface area contributed by atoms with Gasteiger partial charge in [-0.15, -0.1) is 0 Å². The largest absolute Gasteiger partial charge is 0.357 e. The average Bonchev–Trinajstić information content (AvgIpc) is 2.56. The zero-order valence-electron chi connectivity index (χ0n) is 15.2. The van der Waals surface area contributed by atoms with Crippen LogP contribution in [0.25, 0.3) is 0 Å². The molecule has 0 bridgehead atoms. The summed E-state index contributed by atoms with van der Waals surface area (Å²) in [7, 11) is -3.14. The van der Waals surface area contributed by atoms with Crippen LogP contribution in [-0.2, 0) is 16.4 Å². The van der Waals surface area contributed by atoms with E-state index in [-0.39, 0.29) is 11.6 Å². The van der Waals surface area contributed by atoms with E-state index in [0.29, 0.717) is 32.0 Å². The summed E-state index contributed by atoms with van der Waals surface area (Å²) in [4.78, 5) is 4.43. The minimum atomic E-state index is -3.14. The molecule has 0 saturated heterocycles. The van der Waals surface area contributed by atoms with E-state index in [0.717, 1.165) is 24.1 Å². The summed E-state index contributed by atoms with van der Waals surface area (Å²) < 4.78 is 38.3. The number of hydrogen-bond acceptors (Lipinski definition) is 3. The number of aryl methyl sites for hydroxylation is 1. The minimum absolute atomic E-state index is 0.0866. The highest BCUT2D eigenvalue weighted by Gasteiger charge is 2.04. The van der Waals surface area contributed by atoms with Crippen molar-refractivity contribution in [3.8, 4) is 0 Å². The van der Waals surface area contributed by atoms with Crippen LogP contribution in [0.1, 0.15) is 31.4 Å². The van der Waals surface area contributed by atoms with Crippen LogP contribution in [0.3, 0.4) is 0 Å². The molecular formula is C17H29FN4O2S. The van der Waals surface area contributed by atoms with Gasteiger partial charge in [-0.1, -0.05) is 6.07 Å². The van der Waals surface area contributed by atoms with Crippen molar-refractivity contribution < 1.29 is 12.8 Å². The summed E-state index contributed by atoms with van der Waals surface area (Å²) in [6.07, 6.45) is 1.40. The number of guanidine groups is 1. The van der Waals surface area contributed by atoms with Gasteiger partial charge in [0.1, 0.15) is 5.82 Å². The van der Waals surface area contributed by atoms with Crippen molar-refractivity contribution >= 4 is 16.0 Å². The Bertz CT molecular complexity index is 663. The Morgan fingerprint density at radius 1 is 1.20 bits per heavy atom. The van der Waals surface area contributed by atoms with Gasteiger partial charge in [0.25, 0.3) is 0 Å². The van der Waals surface area contributed by atoms with E-state index >= 15 is 0 Å². The molecule has 0 unspecified atom stereocenters. The normalized spacial score (nSPS) is 12.2. The van der Waals surface area contributed by atoms with Crippen molar-refractivity contribution in [3.05, 3.63) is 35.1 Å². The van der Waals surface area contributed by atoms with Crippen molar-refractivity contribution in [2.45, 2.75) is 33.6 Å². The van der Waals surface area contributed by atoms with Crippen LogP contribution < -0.4 is 15.4 Å². The second-order valence-corrected chi connectivity index (χ2v) is 7.76. The smallest absolute Gasteiger partial charge is 0.211 e. The van der Waals surface area contributed by atoms with Gasteiger partial charge in [0.15, 0.2) is 5.96 Å². The zero-order chi connectivity index (χ0) is 18.7. The first-order chi connectivity index (χ1) is 11.9. The Morgan fingerprint density at radius 2 is 1.96 bits per heavy atom. The summed E-state index contributed by atoms with van der Waals surface area (Å²) in [5.74, 6) is 0.562. The fraction of sp³-hybridized carbons (Fsp3) is 0.588. The molecular weight excluding hydrogens is 343 g/mol. The monoisotopic (exact) mass is 372 g/mol. The van der Waals surface area contributed by atoms with E-state index in [2.05, 4.69) is 20.3 Å². The Morgan fingerprint density at radius 3 is 2.60 bits per heavy atom. The van der Waals surface area contributed by atoms with Gasteiger partial charge >= 0.3 is 0 Å². The van der Waals surface area contributed by atoms with Crippen molar-refractivity contribution in [1.29, 1.82) is 0 Å². The van der Waals surface area contributed by atoms with Crippen LogP contribution in [-0.4, -0.2) is 46.3 Å². The molecule has 0 aliphatic rings. The van der Waals surface area contributed by atoms with E-state index in [1.807, 2.05) is 13.8 Å². The lowest BCUT2D eigenvalue weighted by atomic mass is 10.1. The van der Waals surface area contributed by atoms with Crippen LogP contribution in [0.15, 0.2) is 23.2 Å². The molecule has 0 aliphatic heterocycles. The number of hydrogen-bond donors (Lipinski definition) is 3. The highest BCUT2D eigenvalue weighted by Crippen LogP contribution is 2.10. The van der Waals surface area contributed by atoms with Gasteiger partial charge < -0.3 is 10.6 Å². The second kappa shape index (κ2) is 11.0. The molecule has 0 radical (unpaired) electrons. The topological polar surface area (TPSA) is 82.6 Å². The molecule has 25 heavy (non-hydrogen) atoms. The Hall–Kier alpha value is -1.67. The number of nitrogens with zero attached hydrogens (tertiary/aromatic N) is 1. The first kappa shape index (κ1) is 21.4. The van der Waals surface area contributed by atoms with Gasteiger partial charge in [0.05, 0.1) is 5.75 Å². The predicted molar refractivity (Wildman–Crippen MR) is 101 cm³/mol. The number of sulfonamides is 1. The van der Waals surface area contributed by atoms with Gasteiger partial charge in [-0.25, -0.2) is 17.5 Å². The molecule has 0 spiro atoms. The number of halogens is 1. The van der Waals surface area contributed by atoms with Gasteiger partial charge in [-0.05, 0) is 56.9 Å². The molecule has 1 aromatic carbocycles. The van der Waals surface area contributed by atoms with Crippen molar-refractivity contribution in [3.63, 3.8) is 0 Å². The first-order valence-corrected chi connectivity index (χ1v) is 10.3. The highest BCUT2D eigenvalue weighted by molar-refractivity contribution is 7.89. The third-order valence-electron chi connectivity index (χ3n) is 3.64. The molecule has 8 heteroatoms. The maximum atomic E-state index is 13.1. The Balaban J connectivity index is 2.40. The van der Waals surface area contributed by atoms with Crippen molar-refractivity contribution in [2.24, 2.45) is 4.99 Å². The predicted octanol–water partition coefficient (Wildman–Crippen LogP) is 1.56.